The summed E-state index contributed by atoms with van der Waals surface area (Å²) >= 11 is 1.78. The summed E-state index contributed by atoms with van der Waals surface area (Å²) in [5.74, 6) is 0.0570. The third-order valence-corrected chi connectivity index (χ3v) is 6.41. The van der Waals surface area contributed by atoms with Gasteiger partial charge in [0.15, 0.2) is 0 Å². The second-order valence-corrected chi connectivity index (χ2v) is 7.76. The summed E-state index contributed by atoms with van der Waals surface area (Å²) in [6.45, 7) is 0. The molecule has 2 aliphatic rings. The third-order valence-electron chi connectivity index (χ3n) is 5.26. The Bertz CT molecular complexity index is 916. The van der Waals surface area contributed by atoms with E-state index in [4.69, 9.17) is 0 Å². The number of fused-ring (bicyclic) bond motifs is 5. The van der Waals surface area contributed by atoms with Crippen LogP contribution < -0.4 is 10.6 Å². The molecule has 2 saturated heterocycles. The number of thiophene rings is 1. The standard InChI is InChI=1S/C19H18N2OS/c22-19(21-16-10-12-6-7-15(16)20-12)11-5-8-18-14(9-11)13-3-1-2-4-17(13)23-18/h1-5,8-9,12,15-16,20H,6-7,10H2,(H,21,22)/t12-,15+,16-/m1/s1. The monoisotopic (exact) mass is 322 g/mol. The first-order valence-corrected chi connectivity index (χ1v) is 9.08. The van der Waals surface area contributed by atoms with Crippen LogP contribution in [0.2, 0.25) is 0 Å². The molecule has 2 aliphatic heterocycles. The van der Waals surface area contributed by atoms with Crippen LogP contribution in [0.4, 0.5) is 0 Å². The second kappa shape index (κ2) is 5.05. The van der Waals surface area contributed by atoms with Gasteiger partial charge in [0.1, 0.15) is 0 Å². The van der Waals surface area contributed by atoms with E-state index in [9.17, 15) is 4.79 Å². The minimum absolute atomic E-state index is 0.0570. The first-order chi connectivity index (χ1) is 11.3. The van der Waals surface area contributed by atoms with Crippen molar-refractivity contribution in [1.29, 1.82) is 0 Å². The van der Waals surface area contributed by atoms with E-state index < -0.39 is 0 Å². The van der Waals surface area contributed by atoms with Gasteiger partial charge in [0.2, 0.25) is 0 Å². The summed E-state index contributed by atoms with van der Waals surface area (Å²) in [5.41, 5.74) is 0.767. The van der Waals surface area contributed by atoms with E-state index in [-0.39, 0.29) is 11.9 Å². The minimum atomic E-state index is 0.0570. The molecule has 0 unspecified atom stereocenters. The molecule has 5 rings (SSSR count). The van der Waals surface area contributed by atoms with E-state index in [1.165, 1.54) is 33.0 Å². The quantitative estimate of drug-likeness (QED) is 0.756. The van der Waals surface area contributed by atoms with E-state index in [1.807, 2.05) is 12.1 Å². The molecule has 0 spiro atoms. The van der Waals surface area contributed by atoms with Crippen molar-refractivity contribution in [3.63, 3.8) is 0 Å². The molecule has 0 radical (unpaired) electrons. The predicted molar refractivity (Wildman–Crippen MR) is 95.1 cm³/mol. The minimum Gasteiger partial charge on any atom is -0.348 e. The largest absolute Gasteiger partial charge is 0.348 e. The van der Waals surface area contributed by atoms with Crippen molar-refractivity contribution in [1.82, 2.24) is 10.6 Å². The summed E-state index contributed by atoms with van der Waals surface area (Å²) in [6.07, 6.45) is 3.51. The number of rotatable bonds is 2. The Hall–Kier alpha value is -1.91. The topological polar surface area (TPSA) is 41.1 Å². The van der Waals surface area contributed by atoms with Gasteiger partial charge in [-0.15, -0.1) is 11.3 Å². The van der Waals surface area contributed by atoms with Crippen molar-refractivity contribution in [2.75, 3.05) is 0 Å². The van der Waals surface area contributed by atoms with E-state index >= 15 is 0 Å². The summed E-state index contributed by atoms with van der Waals surface area (Å²) < 4.78 is 2.52. The van der Waals surface area contributed by atoms with Gasteiger partial charge in [-0.2, -0.15) is 0 Å². The van der Waals surface area contributed by atoms with Crippen LogP contribution in [0.25, 0.3) is 20.2 Å². The molecule has 3 heterocycles. The molecule has 2 N–H and O–H groups in total. The molecule has 4 heteroatoms. The molecule has 3 aromatic rings. The summed E-state index contributed by atoms with van der Waals surface area (Å²) in [4.78, 5) is 12.6. The maximum atomic E-state index is 12.6. The molecular formula is C19H18N2OS. The normalized spacial score (nSPS) is 26.2. The number of amides is 1. The van der Waals surface area contributed by atoms with Crippen LogP contribution in [0.3, 0.4) is 0 Å². The van der Waals surface area contributed by atoms with Crippen LogP contribution in [-0.4, -0.2) is 24.0 Å². The highest BCUT2D eigenvalue weighted by Crippen LogP contribution is 2.34. The first kappa shape index (κ1) is 13.5. The molecule has 3 atom stereocenters. The van der Waals surface area contributed by atoms with Crippen LogP contribution in [0.1, 0.15) is 29.6 Å². The average Bonchev–Trinajstić information content (AvgIpc) is 3.27. The lowest BCUT2D eigenvalue weighted by Crippen LogP contribution is -2.42. The van der Waals surface area contributed by atoms with Gasteiger partial charge in [0.25, 0.3) is 5.91 Å². The Labute approximate surface area is 138 Å². The van der Waals surface area contributed by atoms with Crippen LogP contribution in [0.5, 0.6) is 0 Å². The van der Waals surface area contributed by atoms with Gasteiger partial charge in [0, 0.05) is 43.9 Å². The van der Waals surface area contributed by atoms with E-state index in [2.05, 4.69) is 41.0 Å². The maximum Gasteiger partial charge on any atom is 0.251 e. The number of carbonyl (C=O) groups excluding carboxylic acids is 1. The van der Waals surface area contributed by atoms with Crippen LogP contribution in [-0.2, 0) is 0 Å². The van der Waals surface area contributed by atoms with Crippen LogP contribution >= 0.6 is 11.3 Å². The van der Waals surface area contributed by atoms with Crippen LogP contribution in [0.15, 0.2) is 42.5 Å². The Morgan fingerprint density at radius 1 is 1.09 bits per heavy atom. The number of benzene rings is 2. The van der Waals surface area contributed by atoms with Gasteiger partial charge >= 0.3 is 0 Å². The number of nitrogens with one attached hydrogen (secondary N) is 2. The lowest BCUT2D eigenvalue weighted by molar-refractivity contribution is 0.0931. The molecule has 3 nitrogen and oxygen atoms in total. The molecule has 116 valence electrons. The maximum absolute atomic E-state index is 12.6. The van der Waals surface area contributed by atoms with Gasteiger partial charge in [-0.25, -0.2) is 0 Å². The molecule has 2 fully saturated rings. The van der Waals surface area contributed by atoms with Gasteiger partial charge < -0.3 is 10.6 Å². The zero-order valence-corrected chi connectivity index (χ0v) is 13.5. The lowest BCUT2D eigenvalue weighted by Gasteiger charge is -2.21. The summed E-state index contributed by atoms with van der Waals surface area (Å²) in [5, 5.41) is 9.23. The van der Waals surface area contributed by atoms with E-state index in [0.717, 1.165) is 12.0 Å². The first-order valence-electron chi connectivity index (χ1n) is 8.26. The zero-order chi connectivity index (χ0) is 15.4. The highest BCUT2D eigenvalue weighted by Gasteiger charge is 2.39. The molecular weight excluding hydrogens is 304 g/mol. The molecule has 1 aromatic heterocycles. The van der Waals surface area contributed by atoms with Crippen molar-refractivity contribution < 1.29 is 4.79 Å². The smallest absolute Gasteiger partial charge is 0.251 e. The molecule has 1 amide bonds. The Balaban J connectivity index is 1.47. The zero-order valence-electron chi connectivity index (χ0n) is 12.7. The van der Waals surface area contributed by atoms with Gasteiger partial charge in [-0.1, -0.05) is 18.2 Å². The molecule has 23 heavy (non-hydrogen) atoms. The van der Waals surface area contributed by atoms with Crippen molar-refractivity contribution in [2.24, 2.45) is 0 Å². The van der Waals surface area contributed by atoms with Gasteiger partial charge in [-0.05, 0) is 43.5 Å². The molecule has 2 aromatic carbocycles. The fourth-order valence-electron chi connectivity index (χ4n) is 4.10. The fourth-order valence-corrected chi connectivity index (χ4v) is 5.19. The van der Waals surface area contributed by atoms with Crippen LogP contribution in [0, 0.1) is 0 Å². The second-order valence-electron chi connectivity index (χ2n) is 6.67. The van der Waals surface area contributed by atoms with Gasteiger partial charge in [-0.3, -0.25) is 4.79 Å². The van der Waals surface area contributed by atoms with Crippen molar-refractivity contribution in [2.45, 2.75) is 37.4 Å². The van der Waals surface area contributed by atoms with Gasteiger partial charge in [0.05, 0.1) is 0 Å². The molecule has 0 saturated carbocycles. The number of carbonyl (C=O) groups is 1. The molecule has 2 bridgehead atoms. The summed E-state index contributed by atoms with van der Waals surface area (Å²) in [6, 6.07) is 15.8. The van der Waals surface area contributed by atoms with Crippen molar-refractivity contribution in [3.05, 3.63) is 48.0 Å². The van der Waals surface area contributed by atoms with E-state index in [0.29, 0.717) is 12.1 Å². The molecule has 0 aliphatic carbocycles. The Morgan fingerprint density at radius 2 is 1.96 bits per heavy atom. The Morgan fingerprint density at radius 3 is 2.78 bits per heavy atom. The average molecular weight is 322 g/mol. The predicted octanol–water partition coefficient (Wildman–Crippen LogP) is 3.68. The number of hydrogen-bond donors (Lipinski definition) is 2. The van der Waals surface area contributed by atoms with Crippen molar-refractivity contribution in [3.8, 4) is 0 Å². The Kier molecular flexibility index (Phi) is 2.97. The highest BCUT2D eigenvalue weighted by molar-refractivity contribution is 7.25. The van der Waals surface area contributed by atoms with Crippen molar-refractivity contribution >= 4 is 37.4 Å². The fraction of sp³-hybridized carbons (Fsp3) is 0.316. The summed E-state index contributed by atoms with van der Waals surface area (Å²) in [7, 11) is 0. The van der Waals surface area contributed by atoms with E-state index in [1.54, 1.807) is 11.3 Å². The highest BCUT2D eigenvalue weighted by atomic mass is 32.1. The SMILES string of the molecule is O=C(N[C@@H]1C[C@H]2CC[C@@H]1N2)c1ccc2sc3ccccc3c2c1. The lowest BCUT2D eigenvalue weighted by atomic mass is 9.95. The third kappa shape index (κ3) is 2.17. The number of hydrogen-bond acceptors (Lipinski definition) is 3.